The first-order valence-corrected chi connectivity index (χ1v) is 7.94. The van der Waals surface area contributed by atoms with Crippen molar-refractivity contribution >= 4 is 22.8 Å². The number of fused-ring (bicyclic) bond motifs is 1. The van der Waals surface area contributed by atoms with E-state index in [1.807, 2.05) is 0 Å². The lowest BCUT2D eigenvalue weighted by atomic mass is 9.98. The molecule has 3 N–H and O–H groups in total. The number of benzene rings is 1. The zero-order valence-electron chi connectivity index (χ0n) is 14.2. The number of carboxylic acids is 1. The van der Waals surface area contributed by atoms with E-state index >= 15 is 0 Å². The van der Waals surface area contributed by atoms with E-state index in [4.69, 9.17) is 5.11 Å². The number of carbonyl (C=O) groups excluding carboxylic acids is 1. The number of aromatic nitrogens is 2. The van der Waals surface area contributed by atoms with Crippen LogP contribution in [0, 0.1) is 0 Å². The quantitative estimate of drug-likeness (QED) is 0.685. The van der Waals surface area contributed by atoms with Crippen molar-refractivity contribution in [2.45, 2.75) is 45.2 Å². The lowest BCUT2D eigenvalue weighted by molar-refractivity contribution is -0.137. The summed E-state index contributed by atoms with van der Waals surface area (Å²) in [6.45, 7) is 3.60. The van der Waals surface area contributed by atoms with E-state index in [-0.39, 0.29) is 25.3 Å². The average molecular weight is 347 g/mol. The minimum Gasteiger partial charge on any atom is -0.481 e. The van der Waals surface area contributed by atoms with Crippen LogP contribution in [0.15, 0.2) is 33.9 Å². The van der Waals surface area contributed by atoms with Crippen LogP contribution in [0.3, 0.4) is 0 Å². The van der Waals surface area contributed by atoms with Crippen molar-refractivity contribution in [2.24, 2.45) is 0 Å². The molecule has 0 saturated heterocycles. The summed E-state index contributed by atoms with van der Waals surface area (Å²) in [4.78, 5) is 48.9. The highest BCUT2D eigenvalue weighted by Gasteiger charge is 2.21. The Kier molecular flexibility index (Phi) is 5.41. The van der Waals surface area contributed by atoms with E-state index in [1.54, 1.807) is 38.1 Å². The van der Waals surface area contributed by atoms with Crippen molar-refractivity contribution < 1.29 is 14.7 Å². The van der Waals surface area contributed by atoms with Crippen LogP contribution >= 0.6 is 0 Å². The third-order valence-electron chi connectivity index (χ3n) is 3.91. The summed E-state index contributed by atoms with van der Waals surface area (Å²) in [6.07, 6.45) is 0.291. The molecule has 0 radical (unpaired) electrons. The Morgan fingerprint density at radius 2 is 1.88 bits per heavy atom. The summed E-state index contributed by atoms with van der Waals surface area (Å²) in [5.74, 6) is -1.22. The first-order valence-electron chi connectivity index (χ1n) is 7.94. The predicted molar refractivity (Wildman–Crippen MR) is 92.5 cm³/mol. The van der Waals surface area contributed by atoms with Crippen molar-refractivity contribution in [3.8, 4) is 0 Å². The van der Waals surface area contributed by atoms with Gasteiger partial charge in [-0.05, 0) is 32.4 Å². The van der Waals surface area contributed by atoms with Gasteiger partial charge in [0.15, 0.2) is 0 Å². The van der Waals surface area contributed by atoms with Crippen LogP contribution in [-0.2, 0) is 16.1 Å². The lowest BCUT2D eigenvalue weighted by Gasteiger charge is -2.25. The number of aromatic amines is 1. The molecule has 8 nitrogen and oxygen atoms in total. The lowest BCUT2D eigenvalue weighted by Crippen LogP contribution is -2.44. The van der Waals surface area contributed by atoms with Crippen LogP contribution in [0.5, 0.6) is 0 Å². The molecule has 0 aliphatic carbocycles. The number of aryl methyl sites for hydroxylation is 1. The number of para-hydroxylation sites is 1. The second-order valence-electron chi connectivity index (χ2n) is 6.50. The molecular formula is C17H21N3O5. The monoisotopic (exact) mass is 347 g/mol. The first-order chi connectivity index (χ1) is 11.7. The summed E-state index contributed by atoms with van der Waals surface area (Å²) in [5.41, 5.74) is -1.22. The molecular weight excluding hydrogens is 326 g/mol. The van der Waals surface area contributed by atoms with E-state index in [0.29, 0.717) is 17.3 Å². The molecule has 1 heterocycles. The van der Waals surface area contributed by atoms with Crippen molar-refractivity contribution in [1.29, 1.82) is 0 Å². The number of nitrogens with one attached hydrogen (secondary N) is 2. The summed E-state index contributed by atoms with van der Waals surface area (Å²) < 4.78 is 1.35. The second kappa shape index (κ2) is 7.33. The van der Waals surface area contributed by atoms with E-state index in [0.717, 1.165) is 0 Å². The van der Waals surface area contributed by atoms with Crippen LogP contribution in [0.1, 0.15) is 33.1 Å². The maximum absolute atomic E-state index is 12.1. The van der Waals surface area contributed by atoms with Gasteiger partial charge in [0.25, 0.3) is 5.56 Å². The number of aliphatic carboxylic acids is 1. The molecule has 25 heavy (non-hydrogen) atoms. The molecule has 0 aliphatic heterocycles. The van der Waals surface area contributed by atoms with E-state index in [9.17, 15) is 19.2 Å². The summed E-state index contributed by atoms with van der Waals surface area (Å²) >= 11 is 0. The predicted octanol–water partition coefficient (Wildman–Crippen LogP) is 0.840. The van der Waals surface area contributed by atoms with Crippen molar-refractivity contribution in [1.82, 2.24) is 14.9 Å². The second-order valence-corrected chi connectivity index (χ2v) is 6.50. The maximum atomic E-state index is 12.1. The van der Waals surface area contributed by atoms with Gasteiger partial charge in [-0.1, -0.05) is 12.1 Å². The average Bonchev–Trinajstić information content (AvgIpc) is 2.52. The highest BCUT2D eigenvalue weighted by Crippen LogP contribution is 2.12. The molecule has 0 atom stereocenters. The Morgan fingerprint density at radius 1 is 1.20 bits per heavy atom. The van der Waals surface area contributed by atoms with Gasteiger partial charge in [-0.25, -0.2) is 4.79 Å². The number of hydrogen-bond donors (Lipinski definition) is 3. The molecule has 0 aliphatic rings. The van der Waals surface area contributed by atoms with Gasteiger partial charge in [0, 0.05) is 24.9 Å². The molecule has 0 saturated carbocycles. The maximum Gasteiger partial charge on any atom is 0.328 e. The largest absolute Gasteiger partial charge is 0.481 e. The highest BCUT2D eigenvalue weighted by atomic mass is 16.4. The molecule has 1 amide bonds. The van der Waals surface area contributed by atoms with Gasteiger partial charge < -0.3 is 10.4 Å². The number of carbonyl (C=O) groups is 2. The van der Waals surface area contributed by atoms with Crippen LogP contribution in [-0.4, -0.2) is 32.1 Å². The molecule has 134 valence electrons. The zero-order chi connectivity index (χ0) is 18.6. The third kappa shape index (κ3) is 4.79. The van der Waals surface area contributed by atoms with E-state index in [1.165, 1.54) is 4.57 Å². The van der Waals surface area contributed by atoms with Crippen LogP contribution < -0.4 is 16.6 Å². The molecule has 8 heteroatoms. The topological polar surface area (TPSA) is 121 Å². The Labute approximate surface area is 143 Å². The Balaban J connectivity index is 2.10. The van der Waals surface area contributed by atoms with Gasteiger partial charge in [0.1, 0.15) is 0 Å². The number of H-pyrrole nitrogens is 1. The fourth-order valence-electron chi connectivity index (χ4n) is 2.60. The minimum absolute atomic E-state index is 0.0342. The van der Waals surface area contributed by atoms with Crippen molar-refractivity contribution in [3.05, 3.63) is 45.1 Å². The SMILES string of the molecule is CC(C)(CCC(=O)O)NC(=O)CCn1c(=O)[nH]c(=O)c2ccccc21. The molecule has 0 bridgehead atoms. The molecule has 1 aromatic heterocycles. The van der Waals surface area contributed by atoms with Crippen molar-refractivity contribution in [3.63, 3.8) is 0 Å². The van der Waals surface area contributed by atoms with Crippen LogP contribution in [0.2, 0.25) is 0 Å². The molecule has 0 unspecified atom stereocenters. The molecule has 2 aromatic rings. The van der Waals surface area contributed by atoms with Gasteiger partial charge in [-0.3, -0.25) is 23.9 Å². The first kappa shape index (κ1) is 18.4. The fraction of sp³-hybridized carbons (Fsp3) is 0.412. The summed E-state index contributed by atoms with van der Waals surface area (Å²) in [7, 11) is 0. The molecule has 0 spiro atoms. The fourth-order valence-corrected chi connectivity index (χ4v) is 2.60. The summed E-state index contributed by atoms with van der Waals surface area (Å²) in [5, 5.41) is 11.9. The van der Waals surface area contributed by atoms with E-state index < -0.39 is 22.8 Å². The highest BCUT2D eigenvalue weighted by molar-refractivity contribution is 5.79. The normalized spacial score (nSPS) is 11.4. The zero-order valence-corrected chi connectivity index (χ0v) is 14.2. The number of carboxylic acid groups (broad SMARTS) is 1. The molecule has 0 fully saturated rings. The third-order valence-corrected chi connectivity index (χ3v) is 3.91. The minimum atomic E-state index is -0.923. The standard InChI is InChI=1S/C17H21N3O5/c1-17(2,9-7-14(22)23)19-13(21)8-10-20-12-6-4-3-5-11(12)15(24)18-16(20)25/h3-6H,7-10H2,1-2H3,(H,19,21)(H,22,23)(H,18,24,25). The Bertz CT molecular complexity index is 910. The van der Waals surface area contributed by atoms with Gasteiger partial charge in [-0.2, -0.15) is 0 Å². The van der Waals surface area contributed by atoms with E-state index in [2.05, 4.69) is 10.3 Å². The van der Waals surface area contributed by atoms with Gasteiger partial charge in [-0.15, -0.1) is 0 Å². The number of amides is 1. The molecule has 1 aromatic carbocycles. The molecule has 2 rings (SSSR count). The number of nitrogens with zero attached hydrogens (tertiary/aromatic N) is 1. The van der Waals surface area contributed by atoms with Gasteiger partial charge in [0.2, 0.25) is 5.91 Å². The van der Waals surface area contributed by atoms with Gasteiger partial charge in [0.05, 0.1) is 10.9 Å². The van der Waals surface area contributed by atoms with Crippen LogP contribution in [0.4, 0.5) is 0 Å². The summed E-state index contributed by atoms with van der Waals surface area (Å²) in [6, 6.07) is 6.68. The van der Waals surface area contributed by atoms with Gasteiger partial charge >= 0.3 is 11.7 Å². The number of rotatable bonds is 7. The van der Waals surface area contributed by atoms with Crippen molar-refractivity contribution in [2.75, 3.05) is 0 Å². The Hall–Kier alpha value is -2.90. The van der Waals surface area contributed by atoms with Crippen LogP contribution in [0.25, 0.3) is 10.9 Å². The Morgan fingerprint density at radius 3 is 2.56 bits per heavy atom. The number of hydrogen-bond acceptors (Lipinski definition) is 4. The smallest absolute Gasteiger partial charge is 0.328 e.